The molecule has 1 aliphatic heterocycles. The van der Waals surface area contributed by atoms with Crippen LogP contribution in [-0.2, 0) is 10.4 Å². The van der Waals surface area contributed by atoms with Crippen molar-refractivity contribution < 1.29 is 14.7 Å². The maximum Gasteiger partial charge on any atom is 0.264 e. The van der Waals surface area contributed by atoms with Crippen LogP contribution in [0.15, 0.2) is 41.8 Å². The maximum absolute atomic E-state index is 12.8. The van der Waals surface area contributed by atoms with E-state index in [4.69, 9.17) is 5.26 Å². The van der Waals surface area contributed by atoms with Crippen molar-refractivity contribution in [2.75, 3.05) is 11.4 Å². The van der Waals surface area contributed by atoms with Gasteiger partial charge in [0, 0.05) is 18.5 Å². The zero-order chi connectivity index (χ0) is 17.2. The maximum atomic E-state index is 12.8. The lowest BCUT2D eigenvalue weighted by Crippen LogP contribution is -2.42. The molecule has 24 heavy (non-hydrogen) atoms. The number of carbonyl (C=O) groups excluding carboxylic acids is 2. The molecule has 0 unspecified atom stereocenters. The normalized spacial score (nSPS) is 19.2. The Morgan fingerprint density at radius 3 is 2.79 bits per heavy atom. The quantitative estimate of drug-likeness (QED) is 0.647. The fourth-order valence-electron chi connectivity index (χ4n) is 2.97. The van der Waals surface area contributed by atoms with E-state index in [0.29, 0.717) is 35.5 Å². The number of benzene rings is 1. The molecule has 0 bridgehead atoms. The Bertz CT molecular complexity index is 810. The summed E-state index contributed by atoms with van der Waals surface area (Å²) in [5, 5.41) is 21.5. The van der Waals surface area contributed by atoms with Crippen molar-refractivity contribution in [2.45, 2.75) is 24.9 Å². The summed E-state index contributed by atoms with van der Waals surface area (Å²) in [6.07, 6.45) is 0.572. The van der Waals surface area contributed by atoms with E-state index in [2.05, 4.69) is 0 Å². The van der Waals surface area contributed by atoms with Crippen LogP contribution in [0.2, 0.25) is 0 Å². The smallest absolute Gasteiger partial charge is 0.264 e. The minimum absolute atomic E-state index is 0.255. The van der Waals surface area contributed by atoms with E-state index in [-0.39, 0.29) is 12.2 Å². The first-order chi connectivity index (χ1) is 11.6. The van der Waals surface area contributed by atoms with Gasteiger partial charge in [0.05, 0.1) is 23.1 Å². The third kappa shape index (κ3) is 2.73. The van der Waals surface area contributed by atoms with Crippen molar-refractivity contribution in [1.29, 1.82) is 5.26 Å². The molecule has 122 valence electrons. The highest BCUT2D eigenvalue weighted by Crippen LogP contribution is 2.43. The van der Waals surface area contributed by atoms with E-state index < -0.39 is 11.5 Å². The second kappa shape index (κ2) is 6.56. The molecule has 2 heterocycles. The Kier molecular flexibility index (Phi) is 4.47. The van der Waals surface area contributed by atoms with Crippen LogP contribution in [0.3, 0.4) is 0 Å². The van der Waals surface area contributed by atoms with Crippen LogP contribution in [0.4, 0.5) is 5.69 Å². The minimum Gasteiger partial charge on any atom is -0.375 e. The molecule has 1 N–H and O–H groups in total. The number of ketones is 1. The largest absolute Gasteiger partial charge is 0.375 e. The third-order valence-electron chi connectivity index (χ3n) is 4.12. The predicted octanol–water partition coefficient (Wildman–Crippen LogP) is 2.86. The van der Waals surface area contributed by atoms with Gasteiger partial charge in [0.2, 0.25) is 0 Å². The molecule has 0 radical (unpaired) electrons. The number of aliphatic hydroxyl groups is 1. The van der Waals surface area contributed by atoms with Gasteiger partial charge < -0.3 is 10.0 Å². The van der Waals surface area contributed by atoms with E-state index in [1.165, 1.54) is 16.2 Å². The number of rotatable bonds is 6. The van der Waals surface area contributed by atoms with Crippen molar-refractivity contribution in [3.8, 4) is 6.07 Å². The van der Waals surface area contributed by atoms with E-state index in [1.54, 1.807) is 41.8 Å². The van der Waals surface area contributed by atoms with Crippen LogP contribution < -0.4 is 4.90 Å². The summed E-state index contributed by atoms with van der Waals surface area (Å²) >= 11 is 1.29. The fraction of sp³-hybridized carbons (Fsp3) is 0.278. The van der Waals surface area contributed by atoms with Gasteiger partial charge in [-0.1, -0.05) is 24.3 Å². The van der Waals surface area contributed by atoms with Crippen molar-refractivity contribution >= 4 is 28.7 Å². The molecule has 0 saturated carbocycles. The Hall–Kier alpha value is -2.49. The summed E-state index contributed by atoms with van der Waals surface area (Å²) < 4.78 is 0. The van der Waals surface area contributed by atoms with Gasteiger partial charge in [0.1, 0.15) is 0 Å². The third-order valence-corrected chi connectivity index (χ3v) is 5.03. The van der Waals surface area contributed by atoms with Crippen LogP contribution in [0.25, 0.3) is 0 Å². The number of hydrogen-bond donors (Lipinski definition) is 1. The highest BCUT2D eigenvalue weighted by molar-refractivity contribution is 7.12. The van der Waals surface area contributed by atoms with Crippen molar-refractivity contribution in [2.24, 2.45) is 0 Å². The highest BCUT2D eigenvalue weighted by atomic mass is 32.1. The van der Waals surface area contributed by atoms with E-state index >= 15 is 0 Å². The first-order valence-corrected chi connectivity index (χ1v) is 8.53. The number of para-hydroxylation sites is 1. The molecule has 2 aromatic rings. The van der Waals surface area contributed by atoms with Gasteiger partial charge in [0.25, 0.3) is 5.91 Å². The van der Waals surface area contributed by atoms with Crippen molar-refractivity contribution in [1.82, 2.24) is 0 Å². The first kappa shape index (κ1) is 16.4. The second-order valence-electron chi connectivity index (χ2n) is 5.67. The van der Waals surface area contributed by atoms with Crippen LogP contribution >= 0.6 is 11.3 Å². The summed E-state index contributed by atoms with van der Waals surface area (Å²) in [7, 11) is 0. The van der Waals surface area contributed by atoms with Crippen LogP contribution in [-0.4, -0.2) is 23.3 Å². The van der Waals surface area contributed by atoms with E-state index in [9.17, 15) is 14.7 Å². The number of fused-ring (bicyclic) bond motifs is 1. The molecule has 5 nitrogen and oxygen atoms in total. The van der Waals surface area contributed by atoms with Gasteiger partial charge in [-0.3, -0.25) is 9.59 Å². The lowest BCUT2D eigenvalue weighted by atomic mass is 9.89. The summed E-state index contributed by atoms with van der Waals surface area (Å²) in [5.74, 6) is -0.749. The Morgan fingerprint density at radius 2 is 2.08 bits per heavy atom. The van der Waals surface area contributed by atoms with Crippen LogP contribution in [0.5, 0.6) is 0 Å². The summed E-state index contributed by atoms with van der Waals surface area (Å²) in [6, 6.07) is 12.5. The molecule has 0 fully saturated rings. The second-order valence-corrected chi connectivity index (χ2v) is 6.62. The Balaban J connectivity index is 1.91. The number of nitriles is 1. The number of thiophene rings is 1. The SMILES string of the molecule is N#CCCCN1C(=O)[C@](O)(CC(=O)c2cccs2)c2ccccc21. The van der Waals surface area contributed by atoms with Gasteiger partial charge in [-0.05, 0) is 23.9 Å². The number of hydrogen-bond acceptors (Lipinski definition) is 5. The predicted molar refractivity (Wildman–Crippen MR) is 90.8 cm³/mol. The lowest BCUT2D eigenvalue weighted by molar-refractivity contribution is -0.135. The van der Waals surface area contributed by atoms with E-state index in [0.717, 1.165) is 0 Å². The number of Topliss-reactive ketones (excluding diaryl/α,β-unsaturated/α-hetero) is 1. The number of amides is 1. The summed E-state index contributed by atoms with van der Waals surface area (Å²) in [6.45, 7) is 0.346. The first-order valence-electron chi connectivity index (χ1n) is 7.65. The number of anilines is 1. The average molecular weight is 340 g/mol. The Morgan fingerprint density at radius 1 is 1.29 bits per heavy atom. The molecule has 1 atom stereocenters. The van der Waals surface area contributed by atoms with Crippen LogP contribution in [0.1, 0.15) is 34.5 Å². The molecule has 1 aromatic carbocycles. The van der Waals surface area contributed by atoms with Crippen molar-refractivity contribution in [3.05, 3.63) is 52.2 Å². The average Bonchev–Trinajstić information content (AvgIpc) is 3.18. The number of unbranched alkanes of at least 4 members (excludes halogenated alkanes) is 1. The zero-order valence-electron chi connectivity index (χ0n) is 12.9. The number of nitrogens with zero attached hydrogens (tertiary/aromatic N) is 2. The van der Waals surface area contributed by atoms with Gasteiger partial charge in [-0.25, -0.2) is 0 Å². The molecule has 6 heteroatoms. The van der Waals surface area contributed by atoms with Gasteiger partial charge in [-0.15, -0.1) is 11.3 Å². The molecule has 0 spiro atoms. The van der Waals surface area contributed by atoms with Crippen molar-refractivity contribution in [3.63, 3.8) is 0 Å². The molecule has 1 aliphatic rings. The zero-order valence-corrected chi connectivity index (χ0v) is 13.8. The molecule has 0 aliphatic carbocycles. The molecule has 3 rings (SSSR count). The molecule has 0 saturated heterocycles. The summed E-state index contributed by atoms with van der Waals surface area (Å²) in [5.41, 5.74) is -0.775. The molecule has 1 aromatic heterocycles. The van der Waals surface area contributed by atoms with E-state index in [1.807, 2.05) is 6.07 Å². The summed E-state index contributed by atoms with van der Waals surface area (Å²) in [4.78, 5) is 27.3. The molecule has 1 amide bonds. The minimum atomic E-state index is -1.84. The highest BCUT2D eigenvalue weighted by Gasteiger charge is 2.50. The monoisotopic (exact) mass is 340 g/mol. The van der Waals surface area contributed by atoms with Gasteiger partial charge in [0.15, 0.2) is 11.4 Å². The lowest BCUT2D eigenvalue weighted by Gasteiger charge is -2.22. The molecular formula is C18H16N2O3S. The Labute approximate surface area is 143 Å². The number of carbonyl (C=O) groups is 2. The fourth-order valence-corrected chi connectivity index (χ4v) is 3.64. The van der Waals surface area contributed by atoms with Gasteiger partial charge >= 0.3 is 0 Å². The molecular weight excluding hydrogens is 324 g/mol. The topological polar surface area (TPSA) is 81.4 Å². The standard InChI is InChI=1S/C18H16N2O3S/c19-9-3-4-10-20-14-7-2-1-6-13(14)18(23,17(20)22)12-15(21)16-8-5-11-24-16/h1-2,5-8,11,23H,3-4,10,12H2/t18-/m0/s1. The van der Waals surface area contributed by atoms with Crippen LogP contribution in [0, 0.1) is 11.3 Å². The van der Waals surface area contributed by atoms with Gasteiger partial charge in [-0.2, -0.15) is 5.26 Å².